The molecule has 7 nitrogen and oxygen atoms in total. The molecule has 2 rings (SSSR count). The molecule has 1 aromatic heterocycles. The largest absolute Gasteiger partial charge is 0.481 e. The second kappa shape index (κ2) is 5.56. The van der Waals surface area contributed by atoms with Gasteiger partial charge >= 0.3 is 5.97 Å². The Balaban J connectivity index is 2.40. The lowest BCUT2D eigenvalue weighted by atomic mass is 10.2. The van der Waals surface area contributed by atoms with Gasteiger partial charge in [0.2, 0.25) is 10.0 Å². The van der Waals surface area contributed by atoms with Gasteiger partial charge in [0.25, 0.3) is 0 Å². The first-order valence-corrected chi connectivity index (χ1v) is 7.49. The van der Waals surface area contributed by atoms with Crippen LogP contribution in [-0.4, -0.2) is 41.4 Å². The van der Waals surface area contributed by atoms with E-state index in [-0.39, 0.29) is 23.6 Å². The fraction of sp³-hybridized carbons (Fsp3) is 0.417. The van der Waals surface area contributed by atoms with Gasteiger partial charge in [-0.1, -0.05) is 0 Å². The highest BCUT2D eigenvalue weighted by Gasteiger charge is 2.37. The molecule has 0 aromatic carbocycles. The van der Waals surface area contributed by atoms with Crippen LogP contribution in [0.2, 0.25) is 0 Å². The Bertz CT molecular complexity index is 666. The third kappa shape index (κ3) is 2.64. The molecular weight excluding hydrogens is 282 g/mol. The zero-order chi connectivity index (χ0) is 14.8. The standard InChI is InChI=1S/C12H13N3O4S/c13-8-10-11(4-1-5-14-10)20(18,19)15-6-2-3-9(15)7-12(16)17/h1,4-5,9H,2-3,6-7H2,(H,16,17). The summed E-state index contributed by atoms with van der Waals surface area (Å²) >= 11 is 0. The third-order valence-electron chi connectivity index (χ3n) is 3.20. The molecule has 0 amide bonds. The van der Waals surface area contributed by atoms with Crippen molar-refractivity contribution in [3.63, 3.8) is 0 Å². The monoisotopic (exact) mass is 295 g/mol. The molecule has 2 heterocycles. The van der Waals surface area contributed by atoms with Crippen molar-refractivity contribution in [3.8, 4) is 6.07 Å². The topological polar surface area (TPSA) is 111 Å². The second-order valence-electron chi connectivity index (χ2n) is 4.47. The molecular formula is C12H13N3O4S. The van der Waals surface area contributed by atoms with E-state index in [4.69, 9.17) is 10.4 Å². The van der Waals surface area contributed by atoms with Gasteiger partial charge in [0.15, 0.2) is 5.69 Å². The first kappa shape index (κ1) is 14.4. The highest BCUT2D eigenvalue weighted by Crippen LogP contribution is 2.28. The van der Waals surface area contributed by atoms with E-state index in [1.165, 1.54) is 22.6 Å². The van der Waals surface area contributed by atoms with Crippen LogP contribution >= 0.6 is 0 Å². The minimum absolute atomic E-state index is 0.167. The number of aromatic nitrogens is 1. The molecule has 1 unspecified atom stereocenters. The molecule has 0 aliphatic carbocycles. The predicted molar refractivity (Wildman–Crippen MR) is 68.1 cm³/mol. The van der Waals surface area contributed by atoms with E-state index in [0.29, 0.717) is 12.8 Å². The van der Waals surface area contributed by atoms with Crippen LogP contribution in [0.4, 0.5) is 0 Å². The molecule has 0 spiro atoms. The number of sulfonamides is 1. The van der Waals surface area contributed by atoms with Crippen molar-refractivity contribution in [1.29, 1.82) is 5.26 Å². The first-order valence-electron chi connectivity index (χ1n) is 6.05. The Hall–Kier alpha value is -1.98. The number of hydrogen-bond acceptors (Lipinski definition) is 5. The summed E-state index contributed by atoms with van der Waals surface area (Å²) in [7, 11) is -3.89. The number of nitrogens with zero attached hydrogens (tertiary/aromatic N) is 3. The number of pyridine rings is 1. The Morgan fingerprint density at radius 2 is 2.35 bits per heavy atom. The van der Waals surface area contributed by atoms with Gasteiger partial charge in [-0.25, -0.2) is 13.4 Å². The normalized spacial score (nSPS) is 19.6. The molecule has 1 atom stereocenters. The molecule has 0 bridgehead atoms. The molecule has 1 saturated heterocycles. The molecule has 0 radical (unpaired) electrons. The van der Waals surface area contributed by atoms with Gasteiger partial charge in [-0.05, 0) is 25.0 Å². The summed E-state index contributed by atoms with van der Waals surface area (Å²) in [4.78, 5) is 14.4. The number of carbonyl (C=O) groups is 1. The maximum absolute atomic E-state index is 12.5. The number of carboxylic acids is 1. The predicted octanol–water partition coefficient (Wildman–Crippen LogP) is 0.581. The summed E-state index contributed by atoms with van der Waals surface area (Å²) in [6, 6.07) is 3.94. The Labute approximate surface area is 116 Å². The van der Waals surface area contributed by atoms with Gasteiger partial charge in [0.05, 0.1) is 6.42 Å². The minimum Gasteiger partial charge on any atom is -0.481 e. The molecule has 0 saturated carbocycles. The number of hydrogen-bond donors (Lipinski definition) is 1. The quantitative estimate of drug-likeness (QED) is 0.869. The van der Waals surface area contributed by atoms with Crippen molar-refractivity contribution in [2.24, 2.45) is 0 Å². The number of carboxylic acid groups (broad SMARTS) is 1. The van der Waals surface area contributed by atoms with E-state index in [0.717, 1.165) is 0 Å². The second-order valence-corrected chi connectivity index (χ2v) is 6.33. The van der Waals surface area contributed by atoms with Crippen LogP contribution in [0, 0.1) is 11.3 Å². The maximum Gasteiger partial charge on any atom is 0.304 e. The summed E-state index contributed by atoms with van der Waals surface area (Å²) in [5.74, 6) is -1.04. The van der Waals surface area contributed by atoms with Crippen LogP contribution in [0.5, 0.6) is 0 Å². The summed E-state index contributed by atoms with van der Waals surface area (Å²) < 4.78 is 26.3. The van der Waals surface area contributed by atoms with Crippen LogP contribution < -0.4 is 0 Å². The van der Waals surface area contributed by atoms with E-state index >= 15 is 0 Å². The van der Waals surface area contributed by atoms with Crippen LogP contribution in [0.15, 0.2) is 23.2 Å². The zero-order valence-corrected chi connectivity index (χ0v) is 11.4. The van der Waals surface area contributed by atoms with Crippen molar-refractivity contribution in [3.05, 3.63) is 24.0 Å². The van der Waals surface area contributed by atoms with Crippen LogP contribution in [0.25, 0.3) is 0 Å². The van der Waals surface area contributed by atoms with Gasteiger partial charge in [-0.3, -0.25) is 4.79 Å². The third-order valence-corrected chi connectivity index (χ3v) is 5.18. The van der Waals surface area contributed by atoms with Crippen molar-refractivity contribution in [2.45, 2.75) is 30.2 Å². The van der Waals surface area contributed by atoms with Crippen LogP contribution in [-0.2, 0) is 14.8 Å². The van der Waals surface area contributed by atoms with Crippen LogP contribution in [0.1, 0.15) is 25.0 Å². The smallest absolute Gasteiger partial charge is 0.304 e. The maximum atomic E-state index is 12.5. The highest BCUT2D eigenvalue weighted by molar-refractivity contribution is 7.89. The van der Waals surface area contributed by atoms with E-state index in [2.05, 4.69) is 4.98 Å². The Kier molecular flexibility index (Phi) is 4.01. The van der Waals surface area contributed by atoms with Crippen molar-refractivity contribution >= 4 is 16.0 Å². The van der Waals surface area contributed by atoms with Gasteiger partial charge < -0.3 is 5.11 Å². The lowest BCUT2D eigenvalue weighted by Crippen LogP contribution is -2.37. The average molecular weight is 295 g/mol. The summed E-state index contributed by atoms with van der Waals surface area (Å²) in [5, 5.41) is 17.8. The van der Waals surface area contributed by atoms with Crippen molar-refractivity contribution in [2.75, 3.05) is 6.54 Å². The van der Waals surface area contributed by atoms with Crippen LogP contribution in [0.3, 0.4) is 0 Å². The summed E-state index contributed by atoms with van der Waals surface area (Å²) in [6.45, 7) is 0.264. The molecule has 1 aromatic rings. The zero-order valence-electron chi connectivity index (χ0n) is 10.6. The molecule has 20 heavy (non-hydrogen) atoms. The lowest BCUT2D eigenvalue weighted by Gasteiger charge is -2.22. The molecule has 1 N–H and O–H groups in total. The molecule has 1 aliphatic rings. The summed E-state index contributed by atoms with van der Waals surface area (Å²) in [5.41, 5.74) is -0.173. The fourth-order valence-electron chi connectivity index (χ4n) is 2.34. The minimum atomic E-state index is -3.89. The SMILES string of the molecule is N#Cc1ncccc1S(=O)(=O)N1CCCC1CC(=O)O. The molecule has 1 fully saturated rings. The van der Waals surface area contributed by atoms with Gasteiger partial charge in [-0.2, -0.15) is 9.57 Å². The van der Waals surface area contributed by atoms with Crippen molar-refractivity contribution in [1.82, 2.24) is 9.29 Å². The van der Waals surface area contributed by atoms with E-state index in [1.807, 2.05) is 0 Å². The summed E-state index contributed by atoms with van der Waals surface area (Å²) in [6.07, 6.45) is 2.23. The lowest BCUT2D eigenvalue weighted by molar-refractivity contribution is -0.137. The molecule has 8 heteroatoms. The van der Waals surface area contributed by atoms with E-state index in [9.17, 15) is 13.2 Å². The molecule has 106 valence electrons. The van der Waals surface area contributed by atoms with Gasteiger partial charge in [0.1, 0.15) is 11.0 Å². The van der Waals surface area contributed by atoms with E-state index in [1.54, 1.807) is 6.07 Å². The van der Waals surface area contributed by atoms with E-state index < -0.39 is 22.0 Å². The molecule has 1 aliphatic heterocycles. The number of nitriles is 1. The number of aliphatic carboxylic acids is 1. The Morgan fingerprint density at radius 3 is 3.00 bits per heavy atom. The number of rotatable bonds is 4. The van der Waals surface area contributed by atoms with Gasteiger partial charge in [0, 0.05) is 18.8 Å². The van der Waals surface area contributed by atoms with Gasteiger partial charge in [-0.15, -0.1) is 0 Å². The fourth-order valence-corrected chi connectivity index (χ4v) is 4.13. The first-order chi connectivity index (χ1) is 9.46. The average Bonchev–Trinajstić information content (AvgIpc) is 2.86. The highest BCUT2D eigenvalue weighted by atomic mass is 32.2. The van der Waals surface area contributed by atoms with Crippen molar-refractivity contribution < 1.29 is 18.3 Å². The Morgan fingerprint density at radius 1 is 1.60 bits per heavy atom.